The van der Waals surface area contributed by atoms with Gasteiger partial charge in [-0.15, -0.1) is 10.2 Å². The van der Waals surface area contributed by atoms with Gasteiger partial charge in [0.1, 0.15) is 17.6 Å². The number of rotatable bonds is 6. The number of anilines is 1. The second-order valence-corrected chi connectivity index (χ2v) is 9.36. The fourth-order valence-corrected chi connectivity index (χ4v) is 5.25. The molecule has 2 N–H and O–H groups in total. The molecule has 2 aromatic heterocycles. The summed E-state index contributed by atoms with van der Waals surface area (Å²) in [5.41, 5.74) is 0.698. The number of aromatic hydroxyl groups is 1. The van der Waals surface area contributed by atoms with Gasteiger partial charge in [0, 0.05) is 23.7 Å². The second kappa shape index (κ2) is 8.63. The van der Waals surface area contributed by atoms with Crippen LogP contribution in [0.3, 0.4) is 0 Å². The number of alkyl halides is 1. The van der Waals surface area contributed by atoms with E-state index in [0.717, 1.165) is 38.3 Å². The molecule has 3 fully saturated rings. The van der Waals surface area contributed by atoms with Gasteiger partial charge in [0.25, 0.3) is 0 Å². The number of aromatic nitrogens is 5. The molecule has 0 unspecified atom stereocenters. The smallest absolute Gasteiger partial charge is 0.316 e. The van der Waals surface area contributed by atoms with Crippen molar-refractivity contribution in [3.8, 4) is 34.4 Å². The molecule has 0 radical (unpaired) electrons. The first-order valence-electron chi connectivity index (χ1n) is 11.8. The van der Waals surface area contributed by atoms with E-state index in [1.54, 1.807) is 18.3 Å². The molecule has 4 heterocycles. The van der Waals surface area contributed by atoms with Gasteiger partial charge in [0.15, 0.2) is 17.5 Å². The van der Waals surface area contributed by atoms with Crippen LogP contribution < -0.4 is 15.0 Å². The number of phenolic OH excluding ortho intramolecular Hbond substituents is 1. The first-order valence-corrected chi connectivity index (χ1v) is 11.8. The summed E-state index contributed by atoms with van der Waals surface area (Å²) in [5.74, 6) is -0.0161. The standard InChI is InChI=1S/C24H25F2N7O2/c1-35-24-28-10-16(25)22(30-24)12-2-6-15(19(34)8-12)23-27-11-20(31-32-23)33(14-4-5-14)18-9-13-3-7-17(29-13)21(18)26/h2,6,8,10-11,13-14,17-18,21,29,34H,3-5,7,9H2,1H3/t13-,17+,18-,21+/m0/s1. The molecule has 2 bridgehead atoms. The molecule has 6 rings (SSSR count). The highest BCUT2D eigenvalue weighted by molar-refractivity contribution is 5.71. The molecule has 11 heteroatoms. The molecule has 1 aromatic carbocycles. The lowest BCUT2D eigenvalue weighted by Crippen LogP contribution is -2.57. The van der Waals surface area contributed by atoms with Crippen molar-refractivity contribution in [1.29, 1.82) is 0 Å². The molecule has 3 aliphatic rings. The van der Waals surface area contributed by atoms with Crippen LogP contribution in [0.5, 0.6) is 11.8 Å². The Labute approximate surface area is 200 Å². The van der Waals surface area contributed by atoms with Gasteiger partial charge < -0.3 is 20.1 Å². The fraction of sp³-hybridized carbons (Fsp3) is 0.458. The van der Waals surface area contributed by atoms with E-state index in [-0.39, 0.29) is 41.4 Å². The Morgan fingerprint density at radius 2 is 1.97 bits per heavy atom. The third-order valence-electron chi connectivity index (χ3n) is 7.08. The van der Waals surface area contributed by atoms with Crippen LogP contribution in [0.4, 0.5) is 14.6 Å². The lowest BCUT2D eigenvalue weighted by atomic mass is 9.96. The highest BCUT2D eigenvalue weighted by Crippen LogP contribution is 2.40. The number of nitrogens with one attached hydrogen (secondary N) is 1. The summed E-state index contributed by atoms with van der Waals surface area (Å²) in [5, 5.41) is 22.6. The largest absolute Gasteiger partial charge is 0.507 e. The summed E-state index contributed by atoms with van der Waals surface area (Å²) in [6.07, 6.45) is 6.26. The molecule has 3 aromatic rings. The summed E-state index contributed by atoms with van der Waals surface area (Å²) in [7, 11) is 1.39. The maximum Gasteiger partial charge on any atom is 0.316 e. The SMILES string of the molecule is COc1ncc(F)c(-c2ccc(-c3ncc(N(C4CC4)[C@H]4C[C@@H]5CC[C@@H](N5)[C@H]4F)nn3)c(O)c2)n1. The molecule has 4 atom stereocenters. The number of methoxy groups -OCH3 is 1. The van der Waals surface area contributed by atoms with Gasteiger partial charge in [-0.2, -0.15) is 4.98 Å². The Hall–Kier alpha value is -3.47. The van der Waals surface area contributed by atoms with Crippen molar-refractivity contribution < 1.29 is 18.6 Å². The van der Waals surface area contributed by atoms with Crippen molar-refractivity contribution in [3.05, 3.63) is 36.4 Å². The second-order valence-electron chi connectivity index (χ2n) is 9.36. The van der Waals surface area contributed by atoms with Crippen LogP contribution in [0.1, 0.15) is 32.1 Å². The molecule has 0 amide bonds. The number of halogens is 2. The zero-order chi connectivity index (χ0) is 24.1. The van der Waals surface area contributed by atoms with E-state index in [4.69, 9.17) is 4.74 Å². The van der Waals surface area contributed by atoms with Crippen LogP contribution in [-0.2, 0) is 0 Å². The van der Waals surface area contributed by atoms with Crippen LogP contribution in [-0.4, -0.2) is 67.7 Å². The molecule has 0 spiro atoms. The fourth-order valence-electron chi connectivity index (χ4n) is 5.25. The molecule has 9 nitrogen and oxygen atoms in total. The number of phenols is 1. The van der Waals surface area contributed by atoms with Gasteiger partial charge in [-0.3, -0.25) is 0 Å². The molecule has 2 saturated heterocycles. The van der Waals surface area contributed by atoms with E-state index < -0.39 is 12.0 Å². The maximum absolute atomic E-state index is 15.3. The van der Waals surface area contributed by atoms with Crippen molar-refractivity contribution in [2.24, 2.45) is 0 Å². The summed E-state index contributed by atoms with van der Waals surface area (Å²) in [6.45, 7) is 0. The first-order chi connectivity index (χ1) is 17.0. The Morgan fingerprint density at radius 3 is 2.69 bits per heavy atom. The third kappa shape index (κ3) is 4.03. The van der Waals surface area contributed by atoms with E-state index in [2.05, 4.69) is 35.4 Å². The zero-order valence-corrected chi connectivity index (χ0v) is 19.1. The van der Waals surface area contributed by atoms with Gasteiger partial charge >= 0.3 is 6.01 Å². The summed E-state index contributed by atoms with van der Waals surface area (Å²) in [4.78, 5) is 14.2. The van der Waals surface area contributed by atoms with E-state index in [9.17, 15) is 9.50 Å². The van der Waals surface area contributed by atoms with Crippen molar-refractivity contribution in [2.75, 3.05) is 12.0 Å². The molecule has 1 aliphatic carbocycles. The molecular weight excluding hydrogens is 456 g/mol. The van der Waals surface area contributed by atoms with Crippen molar-refractivity contribution in [3.63, 3.8) is 0 Å². The van der Waals surface area contributed by atoms with Crippen molar-refractivity contribution >= 4 is 5.82 Å². The predicted molar refractivity (Wildman–Crippen MR) is 123 cm³/mol. The zero-order valence-electron chi connectivity index (χ0n) is 19.1. The van der Waals surface area contributed by atoms with E-state index in [1.165, 1.54) is 13.2 Å². The minimum atomic E-state index is -0.965. The average molecular weight is 482 g/mol. The quantitative estimate of drug-likeness (QED) is 0.549. The number of benzene rings is 1. The minimum Gasteiger partial charge on any atom is -0.507 e. The van der Waals surface area contributed by atoms with Crippen LogP contribution in [0, 0.1) is 5.82 Å². The van der Waals surface area contributed by atoms with Gasteiger partial charge in [-0.05, 0) is 44.2 Å². The molecule has 2 aliphatic heterocycles. The summed E-state index contributed by atoms with van der Waals surface area (Å²) >= 11 is 0. The number of hydrogen-bond donors (Lipinski definition) is 2. The van der Waals surface area contributed by atoms with E-state index in [1.807, 2.05) is 0 Å². The van der Waals surface area contributed by atoms with Crippen molar-refractivity contribution in [2.45, 2.75) is 62.4 Å². The first kappa shape index (κ1) is 22.0. The predicted octanol–water partition coefficient (Wildman–Crippen LogP) is 3.05. The lowest BCUT2D eigenvalue weighted by molar-refractivity contribution is 0.171. The number of piperidine rings is 1. The molecular formula is C24H25F2N7O2. The van der Waals surface area contributed by atoms with Crippen LogP contribution in [0.25, 0.3) is 22.6 Å². The van der Waals surface area contributed by atoms with Crippen LogP contribution >= 0.6 is 0 Å². The number of fused-ring (bicyclic) bond motifs is 2. The van der Waals surface area contributed by atoms with Gasteiger partial charge in [0.05, 0.1) is 31.1 Å². The van der Waals surface area contributed by atoms with Crippen LogP contribution in [0.2, 0.25) is 0 Å². The van der Waals surface area contributed by atoms with Gasteiger partial charge in [-0.1, -0.05) is 6.07 Å². The number of ether oxygens (including phenoxy) is 1. The third-order valence-corrected chi connectivity index (χ3v) is 7.08. The van der Waals surface area contributed by atoms with Gasteiger partial charge in [-0.25, -0.2) is 18.7 Å². The highest BCUT2D eigenvalue weighted by Gasteiger charge is 2.48. The topological polar surface area (TPSA) is 109 Å². The Kier molecular flexibility index (Phi) is 5.43. The van der Waals surface area contributed by atoms with E-state index >= 15 is 4.39 Å². The van der Waals surface area contributed by atoms with Crippen LogP contribution in [0.15, 0.2) is 30.6 Å². The Morgan fingerprint density at radius 1 is 1.11 bits per heavy atom. The Balaban J connectivity index is 1.27. The summed E-state index contributed by atoms with van der Waals surface area (Å²) in [6, 6.07) is 4.84. The Bertz CT molecular complexity index is 1240. The average Bonchev–Trinajstić information content (AvgIpc) is 3.62. The summed E-state index contributed by atoms with van der Waals surface area (Å²) < 4.78 is 34.5. The highest BCUT2D eigenvalue weighted by atomic mass is 19.1. The molecule has 182 valence electrons. The lowest BCUT2D eigenvalue weighted by Gasteiger charge is -2.40. The number of hydrogen-bond acceptors (Lipinski definition) is 9. The van der Waals surface area contributed by atoms with E-state index in [0.29, 0.717) is 23.0 Å². The maximum atomic E-state index is 15.3. The van der Waals surface area contributed by atoms with Gasteiger partial charge in [0.2, 0.25) is 0 Å². The normalized spacial score (nSPS) is 25.5. The monoisotopic (exact) mass is 481 g/mol. The van der Waals surface area contributed by atoms with Crippen molar-refractivity contribution in [1.82, 2.24) is 30.5 Å². The minimum absolute atomic E-state index is 0.00452. The molecule has 1 saturated carbocycles. The molecule has 35 heavy (non-hydrogen) atoms. The number of nitrogens with zero attached hydrogens (tertiary/aromatic N) is 6.